The first-order valence-electron chi connectivity index (χ1n) is 12.3. The van der Waals surface area contributed by atoms with Gasteiger partial charge in [0.1, 0.15) is 9.71 Å². The average Bonchev–Trinajstić information content (AvgIpc) is 3.54. The topological polar surface area (TPSA) is 116 Å². The fourth-order valence-electron chi connectivity index (χ4n) is 5.08. The van der Waals surface area contributed by atoms with Crippen molar-refractivity contribution in [1.82, 2.24) is 20.6 Å². The van der Waals surface area contributed by atoms with Crippen LogP contribution in [0.5, 0.6) is 0 Å². The minimum atomic E-state index is -0.365. The van der Waals surface area contributed by atoms with Crippen molar-refractivity contribution in [1.29, 1.82) is 0 Å². The van der Waals surface area contributed by atoms with Crippen molar-refractivity contribution in [2.24, 2.45) is 0 Å². The summed E-state index contributed by atoms with van der Waals surface area (Å²) >= 11 is 1.25. The Morgan fingerprint density at radius 2 is 1.82 bits per heavy atom. The number of aromatic nitrogens is 2. The zero-order valence-corrected chi connectivity index (χ0v) is 21.1. The van der Waals surface area contributed by atoms with Gasteiger partial charge in [-0.1, -0.05) is 36.9 Å². The summed E-state index contributed by atoms with van der Waals surface area (Å²) in [5.74, 6) is -0.481. The summed E-state index contributed by atoms with van der Waals surface area (Å²) in [7, 11) is 0. The van der Waals surface area contributed by atoms with Crippen LogP contribution in [0.4, 0.5) is 21.9 Å². The van der Waals surface area contributed by atoms with Crippen LogP contribution in [0.2, 0.25) is 0 Å². The number of rotatable bonds is 6. The van der Waals surface area contributed by atoms with Gasteiger partial charge in [-0.3, -0.25) is 19.5 Å². The van der Waals surface area contributed by atoms with Gasteiger partial charge in [-0.25, -0.2) is 9.78 Å². The second kappa shape index (κ2) is 9.71. The summed E-state index contributed by atoms with van der Waals surface area (Å²) in [5.41, 5.74) is 3.47. The molecular formula is C28H24N6O3S. The Labute approximate surface area is 222 Å². The van der Waals surface area contributed by atoms with Gasteiger partial charge in [-0.15, -0.1) is 11.3 Å². The molecule has 3 aromatic heterocycles. The average molecular weight is 525 g/mol. The van der Waals surface area contributed by atoms with Gasteiger partial charge >= 0.3 is 6.03 Å². The van der Waals surface area contributed by atoms with Crippen molar-refractivity contribution in [3.8, 4) is 11.3 Å². The zero-order valence-electron chi connectivity index (χ0n) is 20.3. The van der Waals surface area contributed by atoms with Crippen LogP contribution in [0.15, 0.2) is 73.6 Å². The molecule has 0 unspecified atom stereocenters. The molecule has 1 saturated carbocycles. The number of thiophene rings is 1. The van der Waals surface area contributed by atoms with Gasteiger partial charge in [0.2, 0.25) is 5.91 Å². The largest absolute Gasteiger partial charge is 0.350 e. The monoisotopic (exact) mass is 524 g/mol. The maximum absolute atomic E-state index is 13.4. The summed E-state index contributed by atoms with van der Waals surface area (Å²) in [6.45, 7) is 3.48. The highest BCUT2D eigenvalue weighted by molar-refractivity contribution is 7.21. The van der Waals surface area contributed by atoms with Gasteiger partial charge in [0, 0.05) is 30.0 Å². The van der Waals surface area contributed by atoms with Crippen LogP contribution in [0.1, 0.15) is 28.9 Å². The summed E-state index contributed by atoms with van der Waals surface area (Å²) in [6.07, 6.45) is 6.74. The lowest BCUT2D eigenvalue weighted by molar-refractivity contribution is -0.117. The van der Waals surface area contributed by atoms with Crippen LogP contribution in [-0.2, 0) is 4.79 Å². The van der Waals surface area contributed by atoms with Gasteiger partial charge in [0.15, 0.2) is 0 Å². The summed E-state index contributed by atoms with van der Waals surface area (Å²) in [6, 6.07) is 14.7. The van der Waals surface area contributed by atoms with E-state index in [1.54, 1.807) is 29.4 Å². The highest BCUT2D eigenvalue weighted by atomic mass is 32.1. The maximum Gasteiger partial charge on any atom is 0.331 e. The molecule has 0 saturated heterocycles. The molecule has 0 radical (unpaired) electrons. The molecule has 4 heterocycles. The fourth-order valence-corrected chi connectivity index (χ4v) is 6.10. The molecule has 3 N–H and O–H groups in total. The Morgan fingerprint density at radius 1 is 1.05 bits per heavy atom. The SMILES string of the molecule is C=CC(=O)N[C@@H]1CC[C@H](NC(=O)c2sc3nccc4c3c2NC(=O)N4c2ccnc(-c3ccccc3)c2)C1. The number of urea groups is 1. The first kappa shape index (κ1) is 23.8. The molecule has 190 valence electrons. The van der Waals surface area contributed by atoms with E-state index in [0.29, 0.717) is 33.2 Å². The van der Waals surface area contributed by atoms with Crippen LogP contribution in [0, 0.1) is 0 Å². The molecule has 1 aliphatic carbocycles. The predicted octanol–water partition coefficient (Wildman–Crippen LogP) is 5.00. The molecule has 6 rings (SSSR count). The van der Waals surface area contributed by atoms with E-state index in [1.165, 1.54) is 17.4 Å². The first-order valence-corrected chi connectivity index (χ1v) is 13.1. The van der Waals surface area contributed by atoms with E-state index < -0.39 is 0 Å². The number of amides is 4. The molecule has 2 atom stereocenters. The number of carbonyl (C=O) groups is 3. The van der Waals surface area contributed by atoms with Crippen molar-refractivity contribution in [2.45, 2.75) is 31.3 Å². The van der Waals surface area contributed by atoms with Gasteiger partial charge in [-0.2, -0.15) is 0 Å². The summed E-state index contributed by atoms with van der Waals surface area (Å²) in [5, 5.41) is 9.62. The van der Waals surface area contributed by atoms with E-state index in [0.717, 1.165) is 29.5 Å². The minimum Gasteiger partial charge on any atom is -0.350 e. The standard InChI is InChI=1S/C28H24N6O3S/c1-2-22(35)31-17-8-9-18(14-17)32-26(36)25-24-23-21(11-13-30-27(23)38-25)34(28(37)33-24)19-10-12-29-20(15-19)16-6-4-3-5-7-16/h2-7,10-13,15,17-18H,1,8-9,14H2,(H,31,35)(H,32,36)(H,33,37)/t17-,18+/m1/s1. The van der Waals surface area contributed by atoms with Gasteiger partial charge in [-0.05, 0) is 43.5 Å². The second-order valence-corrected chi connectivity index (χ2v) is 10.2. The van der Waals surface area contributed by atoms with E-state index in [-0.39, 0.29) is 29.9 Å². The lowest BCUT2D eigenvalue weighted by atomic mass is 10.1. The third-order valence-electron chi connectivity index (χ3n) is 6.82. The summed E-state index contributed by atoms with van der Waals surface area (Å²) < 4.78 is 0. The van der Waals surface area contributed by atoms with E-state index in [2.05, 4.69) is 32.5 Å². The number of nitrogens with one attached hydrogen (secondary N) is 3. The van der Waals surface area contributed by atoms with Crippen molar-refractivity contribution in [2.75, 3.05) is 10.2 Å². The Morgan fingerprint density at radius 3 is 2.61 bits per heavy atom. The maximum atomic E-state index is 13.4. The van der Waals surface area contributed by atoms with Gasteiger partial charge in [0.25, 0.3) is 5.91 Å². The van der Waals surface area contributed by atoms with Gasteiger partial charge in [0.05, 0.1) is 28.1 Å². The van der Waals surface area contributed by atoms with Crippen molar-refractivity contribution < 1.29 is 14.4 Å². The molecule has 4 amide bonds. The molecule has 0 bridgehead atoms. The second-order valence-electron chi connectivity index (χ2n) is 9.24. The molecule has 1 aliphatic heterocycles. The van der Waals surface area contributed by atoms with Crippen molar-refractivity contribution in [3.05, 3.63) is 78.5 Å². The van der Waals surface area contributed by atoms with E-state index in [9.17, 15) is 14.4 Å². The van der Waals surface area contributed by atoms with E-state index in [4.69, 9.17) is 0 Å². The third kappa shape index (κ3) is 4.28. The lowest BCUT2D eigenvalue weighted by Crippen LogP contribution is -2.37. The third-order valence-corrected chi connectivity index (χ3v) is 7.92. The lowest BCUT2D eigenvalue weighted by Gasteiger charge is -2.28. The zero-order chi connectivity index (χ0) is 26.2. The minimum absolute atomic E-state index is 0.00534. The van der Waals surface area contributed by atoms with Crippen molar-refractivity contribution in [3.63, 3.8) is 0 Å². The Kier molecular flexibility index (Phi) is 6.09. The number of carbonyl (C=O) groups excluding carboxylic acids is 3. The highest BCUT2D eigenvalue weighted by Gasteiger charge is 2.34. The predicted molar refractivity (Wildman–Crippen MR) is 148 cm³/mol. The number of benzene rings is 1. The highest BCUT2D eigenvalue weighted by Crippen LogP contribution is 2.46. The van der Waals surface area contributed by atoms with Crippen LogP contribution in [0.3, 0.4) is 0 Å². The molecule has 1 fully saturated rings. The summed E-state index contributed by atoms with van der Waals surface area (Å²) in [4.78, 5) is 50.0. The first-order chi connectivity index (χ1) is 18.5. The van der Waals surface area contributed by atoms with Crippen LogP contribution in [-0.4, -0.2) is 39.9 Å². The number of hydrogen-bond donors (Lipinski definition) is 3. The Bertz CT molecular complexity index is 1580. The van der Waals surface area contributed by atoms with Gasteiger partial charge < -0.3 is 16.0 Å². The number of pyridine rings is 2. The van der Waals surface area contributed by atoms with E-state index >= 15 is 0 Å². The smallest absolute Gasteiger partial charge is 0.331 e. The van der Waals surface area contributed by atoms with Crippen LogP contribution in [0.25, 0.3) is 21.5 Å². The number of nitrogens with zero attached hydrogens (tertiary/aromatic N) is 3. The number of anilines is 3. The van der Waals surface area contributed by atoms with E-state index in [1.807, 2.05) is 36.4 Å². The van der Waals surface area contributed by atoms with Crippen LogP contribution >= 0.6 is 11.3 Å². The molecule has 4 aromatic rings. The fraction of sp³-hybridized carbons (Fsp3) is 0.179. The Hall–Kier alpha value is -4.57. The molecule has 1 aromatic carbocycles. The molecule has 38 heavy (non-hydrogen) atoms. The molecule has 2 aliphatic rings. The molecular weight excluding hydrogens is 500 g/mol. The van der Waals surface area contributed by atoms with Crippen molar-refractivity contribution >= 4 is 56.5 Å². The molecule has 10 heteroatoms. The molecule has 9 nitrogen and oxygen atoms in total. The molecule has 0 spiro atoms. The number of hydrogen-bond acceptors (Lipinski definition) is 6. The quantitative estimate of drug-likeness (QED) is 0.307. The Balaban J connectivity index is 1.30. The normalized spacial score (nSPS) is 18.2. The van der Waals surface area contributed by atoms with Crippen LogP contribution < -0.4 is 20.9 Å².